The number of nitrogen functional groups attached to an aromatic ring is 3. The molecule has 0 spiro atoms. The Balaban J connectivity index is 0.924. The van der Waals surface area contributed by atoms with E-state index >= 15 is 0 Å². The van der Waals surface area contributed by atoms with Gasteiger partial charge in [0.15, 0.2) is 52.2 Å². The van der Waals surface area contributed by atoms with Gasteiger partial charge in [-0.3, -0.25) is 61.1 Å². The van der Waals surface area contributed by atoms with Gasteiger partial charge < -0.3 is 66.7 Å². The second-order valence-corrected chi connectivity index (χ2v) is 17.6. The zero-order chi connectivity index (χ0) is 47.1. The average Bonchev–Trinajstić information content (AvgIpc) is 4.10. The van der Waals surface area contributed by atoms with E-state index in [2.05, 4.69) is 44.9 Å². The van der Waals surface area contributed by atoms with Gasteiger partial charge in [-0.1, -0.05) is 0 Å². The van der Waals surface area contributed by atoms with Crippen LogP contribution >= 0.6 is 15.6 Å². The van der Waals surface area contributed by atoms with Crippen molar-refractivity contribution in [2.75, 3.05) is 37.0 Å². The van der Waals surface area contributed by atoms with E-state index in [4.69, 9.17) is 49.5 Å². The fraction of sp³-hybridized carbons (Fsp3) is 0.500. The van der Waals surface area contributed by atoms with Gasteiger partial charge in [0.2, 0.25) is 17.8 Å². The third kappa shape index (κ3) is 8.16. The van der Waals surface area contributed by atoms with E-state index in [9.17, 15) is 58.8 Å². The maximum absolute atomic E-state index is 13.5. The Kier molecular flexibility index (Phi) is 11.7. The van der Waals surface area contributed by atoms with Crippen LogP contribution in [0.4, 0.5) is 17.8 Å². The maximum atomic E-state index is 13.5. The first kappa shape index (κ1) is 45.5. The minimum atomic E-state index is -5.44. The molecule has 14 atom stereocenters. The normalized spacial score (nSPS) is 31.0. The van der Waals surface area contributed by atoms with Crippen LogP contribution in [0.25, 0.3) is 33.5 Å². The van der Waals surface area contributed by atoms with Gasteiger partial charge in [-0.2, -0.15) is 15.0 Å². The molecule has 0 bridgehead atoms. The Bertz CT molecular complexity index is 3100. The Morgan fingerprint density at radius 2 is 0.924 bits per heavy atom. The number of hydrogen-bond acceptors (Lipinski definition) is 26. The van der Waals surface area contributed by atoms with E-state index in [0.29, 0.717) is 0 Å². The number of nitrogens with one attached hydrogen (secondary N) is 3. The highest BCUT2D eigenvalue weighted by Gasteiger charge is 2.53. The molecule has 0 aromatic carbocycles. The van der Waals surface area contributed by atoms with Crippen LogP contribution in [-0.4, -0.2) is 169 Å². The summed E-state index contributed by atoms with van der Waals surface area (Å²) < 4.78 is 68.3. The third-order valence-corrected chi connectivity index (χ3v) is 12.6. The lowest BCUT2D eigenvalue weighted by Gasteiger charge is -2.25. The van der Waals surface area contributed by atoms with Crippen molar-refractivity contribution >= 4 is 67.0 Å². The number of rotatable bonds is 14. The summed E-state index contributed by atoms with van der Waals surface area (Å²) >= 11 is 0. The second-order valence-electron chi connectivity index (χ2n) is 14.8. The predicted octanol–water partition coefficient (Wildman–Crippen LogP) is -5.73. The lowest BCUT2D eigenvalue weighted by Crippen LogP contribution is -2.37. The molecule has 3 saturated heterocycles. The molecule has 16 N–H and O–H groups in total. The highest BCUT2D eigenvalue weighted by atomic mass is 31.2. The summed E-state index contributed by atoms with van der Waals surface area (Å²) in [4.78, 5) is 89.4. The summed E-state index contributed by atoms with van der Waals surface area (Å²) in [7, 11) is -10.8. The monoisotopic (exact) mass is 973 g/mol. The number of aliphatic hydroxyl groups is 5. The summed E-state index contributed by atoms with van der Waals surface area (Å²) in [5, 5.41) is 54.4. The molecule has 0 radical (unpaired) electrons. The summed E-state index contributed by atoms with van der Waals surface area (Å²) in [6.07, 6.45) is -17.8. The van der Waals surface area contributed by atoms with Crippen LogP contribution in [0.15, 0.2) is 33.4 Å². The smallest absolute Gasteiger partial charge is 0.394 e. The number of hydrogen-bond donors (Lipinski definition) is 13. The van der Waals surface area contributed by atoms with Crippen LogP contribution in [0, 0.1) is 0 Å². The zero-order valence-corrected chi connectivity index (χ0v) is 34.8. The first-order valence-electron chi connectivity index (χ1n) is 19.0. The van der Waals surface area contributed by atoms with Crippen LogP contribution in [0.3, 0.4) is 0 Å². The molecule has 356 valence electrons. The number of nitrogens with two attached hydrogens (primary N) is 3. The molecule has 34 nitrogen and oxygen atoms in total. The van der Waals surface area contributed by atoms with Crippen molar-refractivity contribution in [2.24, 2.45) is 0 Å². The third-order valence-electron chi connectivity index (χ3n) is 10.6. The van der Waals surface area contributed by atoms with Gasteiger partial charge in [-0.05, 0) is 0 Å². The fourth-order valence-electron chi connectivity index (χ4n) is 7.63. The van der Waals surface area contributed by atoms with E-state index in [1.165, 1.54) is 0 Å². The number of nitrogens with zero attached hydrogens (tertiary/aromatic N) is 9. The number of phosphoric ester groups is 2. The molecule has 2 unspecified atom stereocenters. The number of anilines is 3. The molecule has 9 heterocycles. The van der Waals surface area contributed by atoms with Gasteiger partial charge in [0.25, 0.3) is 16.7 Å². The lowest BCUT2D eigenvalue weighted by molar-refractivity contribution is -0.0618. The van der Waals surface area contributed by atoms with Crippen LogP contribution in [0.2, 0.25) is 0 Å². The molecular weight excluding hydrogens is 936 g/mol. The highest BCUT2D eigenvalue weighted by molar-refractivity contribution is 7.47. The number of aromatic amines is 3. The molecule has 0 aliphatic carbocycles. The fourth-order valence-corrected chi connectivity index (χ4v) is 9.56. The first-order valence-corrected chi connectivity index (χ1v) is 22.0. The van der Waals surface area contributed by atoms with Crippen molar-refractivity contribution in [1.29, 1.82) is 0 Å². The van der Waals surface area contributed by atoms with Gasteiger partial charge >= 0.3 is 15.6 Å². The molecule has 66 heavy (non-hydrogen) atoms. The van der Waals surface area contributed by atoms with E-state index < -0.39 is 126 Å². The molecule has 9 rings (SSSR count). The highest BCUT2D eigenvalue weighted by Crippen LogP contribution is 2.52. The number of aliphatic hydroxyl groups excluding tert-OH is 5. The van der Waals surface area contributed by atoms with Gasteiger partial charge in [-0.25, -0.2) is 24.1 Å². The Labute approximate surface area is 362 Å². The summed E-state index contributed by atoms with van der Waals surface area (Å²) in [6, 6.07) is 0. The predicted molar refractivity (Wildman–Crippen MR) is 212 cm³/mol. The topological polar surface area (TPSA) is 509 Å². The Morgan fingerprint density at radius 1 is 0.576 bits per heavy atom. The number of phosphoric acid groups is 2. The van der Waals surface area contributed by atoms with E-state index in [1.54, 1.807) is 0 Å². The van der Waals surface area contributed by atoms with Gasteiger partial charge in [-0.15, -0.1) is 0 Å². The molecule has 6 aromatic heterocycles. The zero-order valence-electron chi connectivity index (χ0n) is 33.0. The minimum Gasteiger partial charge on any atom is -0.394 e. The number of imidazole rings is 3. The standard InChI is InChI=1S/C30H37N15O19P2/c31-28-37-19-10(22(51)40-28)34-4-43(19)25-14(48)13(47)8(61-25)2-58-65(54,55)64-18-9(62-27(16(18)50)45-6-36-12-21(45)39-30(33)42-24(12)53)3-59-66(56,57)63-17-7(1-46)60-26(15(17)49)44-5-35-11-20(44)38-29(32)41-23(11)52/h4-9,13-18,25-27,46-50H,1-3H2,(H,54,55)(H,56,57)(H3,31,37,40,51)(H3,32,38,41,52)(H3,33,39,42,53)/t7-,8-,9-,13-,14-,15-,16-,17-,18-,25-,26-,27-/m1/s1. The van der Waals surface area contributed by atoms with Crippen LogP contribution < -0.4 is 33.9 Å². The van der Waals surface area contributed by atoms with Crippen LogP contribution in [0.5, 0.6) is 0 Å². The molecule has 0 amide bonds. The number of H-pyrrole nitrogens is 3. The van der Waals surface area contributed by atoms with E-state index in [0.717, 1.165) is 32.7 Å². The van der Waals surface area contributed by atoms with Crippen molar-refractivity contribution < 1.29 is 76.8 Å². The van der Waals surface area contributed by atoms with Crippen LogP contribution in [-0.2, 0) is 41.4 Å². The van der Waals surface area contributed by atoms with Crippen molar-refractivity contribution in [3.05, 3.63) is 50.0 Å². The first-order chi connectivity index (χ1) is 31.2. The van der Waals surface area contributed by atoms with Crippen molar-refractivity contribution in [3.63, 3.8) is 0 Å². The number of ether oxygens (including phenoxy) is 3. The van der Waals surface area contributed by atoms with Gasteiger partial charge in [0.05, 0.1) is 38.8 Å². The molecule has 36 heteroatoms. The number of fused-ring (bicyclic) bond motifs is 3. The summed E-state index contributed by atoms with van der Waals surface area (Å²) in [5.74, 6) is -0.993. The van der Waals surface area contributed by atoms with Crippen LogP contribution in [0.1, 0.15) is 18.7 Å². The SMILES string of the molecule is Nc1nc2c(ncn2[C@@H]2O[C@H](COP(=O)(O)O[C@H]3[C@@H](O)[C@H](n4cnc5c(=O)[nH]c(N)nc54)O[C@@H]3COP(=O)(O)O[C@H]3[C@@H](O)[C@H](n4cnc5c(=O)[nH]c(N)nc54)O[C@@H]3CO)[C@@H](O)[C@H]2O)c(=O)[nH]1. The van der Waals surface area contributed by atoms with E-state index in [1.807, 2.05) is 0 Å². The largest absolute Gasteiger partial charge is 0.472 e. The molecule has 0 saturated carbocycles. The summed E-state index contributed by atoms with van der Waals surface area (Å²) in [6.45, 7) is -2.97. The molecule has 3 aliphatic heterocycles. The molecular formula is C30H37N15O19P2. The van der Waals surface area contributed by atoms with Crippen molar-refractivity contribution in [1.82, 2.24) is 58.6 Å². The summed E-state index contributed by atoms with van der Waals surface area (Å²) in [5.41, 5.74) is 13.6. The minimum absolute atomic E-state index is 0.134. The second kappa shape index (κ2) is 16.9. The van der Waals surface area contributed by atoms with Gasteiger partial charge in [0.1, 0.15) is 54.9 Å². The number of aromatic nitrogens is 12. The molecule has 3 aliphatic rings. The maximum Gasteiger partial charge on any atom is 0.472 e. The average molecular weight is 974 g/mol. The molecule has 3 fully saturated rings. The van der Waals surface area contributed by atoms with Gasteiger partial charge in [0, 0.05) is 0 Å². The Morgan fingerprint density at radius 3 is 1.33 bits per heavy atom. The molecule has 6 aromatic rings. The quantitative estimate of drug-likeness (QED) is 0.0452. The van der Waals surface area contributed by atoms with E-state index in [-0.39, 0.29) is 51.3 Å². The lowest BCUT2D eigenvalue weighted by atomic mass is 10.1. The Hall–Kier alpha value is -5.65. The van der Waals surface area contributed by atoms with Crippen molar-refractivity contribution in [3.8, 4) is 0 Å². The van der Waals surface area contributed by atoms with Crippen molar-refractivity contribution in [2.45, 2.75) is 73.6 Å².